The average Bonchev–Trinajstić information content (AvgIpc) is 2.47. The molecule has 0 atom stereocenters. The van der Waals surface area contributed by atoms with Crippen LogP contribution in [0, 0.1) is 0 Å². The summed E-state index contributed by atoms with van der Waals surface area (Å²) in [6.07, 6.45) is 2.85. The second-order valence-electron chi connectivity index (χ2n) is 4.18. The van der Waals surface area contributed by atoms with E-state index >= 15 is 0 Å². The van der Waals surface area contributed by atoms with Crippen LogP contribution >= 0.6 is 0 Å². The van der Waals surface area contributed by atoms with Gasteiger partial charge in [0.2, 0.25) is 0 Å². The number of carbonyl (C=O) groups is 1. The Morgan fingerprint density at radius 3 is 2.68 bits per heavy atom. The maximum atomic E-state index is 11.4. The van der Waals surface area contributed by atoms with Gasteiger partial charge in [-0.1, -0.05) is 30.3 Å². The van der Waals surface area contributed by atoms with Crippen molar-refractivity contribution in [1.82, 2.24) is 4.98 Å². The number of nitrogens with zero attached hydrogens (tertiary/aromatic N) is 1. The van der Waals surface area contributed by atoms with Gasteiger partial charge in [0.15, 0.2) is 0 Å². The molecule has 2 rings (SSSR count). The molecule has 0 aliphatic heterocycles. The first-order chi connectivity index (χ1) is 9.31. The van der Waals surface area contributed by atoms with Gasteiger partial charge in [0.05, 0.1) is 12.3 Å². The molecule has 3 nitrogen and oxygen atoms in total. The summed E-state index contributed by atoms with van der Waals surface area (Å²) < 4.78 is 4.95. The number of pyridine rings is 1. The molecule has 0 saturated carbocycles. The van der Waals surface area contributed by atoms with Gasteiger partial charge in [-0.15, -0.1) is 0 Å². The molecule has 0 unspecified atom stereocenters. The summed E-state index contributed by atoms with van der Waals surface area (Å²) in [5.41, 5.74) is 3.13. The van der Waals surface area contributed by atoms with E-state index in [0.717, 1.165) is 16.8 Å². The highest BCUT2D eigenvalue weighted by atomic mass is 16.5. The Kier molecular flexibility index (Phi) is 4.67. The molecule has 1 aromatic carbocycles. The molecule has 3 heteroatoms. The molecule has 1 heterocycles. The van der Waals surface area contributed by atoms with Gasteiger partial charge in [0, 0.05) is 18.2 Å². The van der Waals surface area contributed by atoms with Gasteiger partial charge >= 0.3 is 5.97 Å². The van der Waals surface area contributed by atoms with E-state index in [2.05, 4.69) is 4.98 Å². The number of carbonyl (C=O) groups excluding carboxylic acids is 1. The average molecular weight is 255 g/mol. The van der Waals surface area contributed by atoms with Gasteiger partial charge in [-0.25, -0.2) is 0 Å². The second kappa shape index (κ2) is 6.69. The van der Waals surface area contributed by atoms with Crippen molar-refractivity contribution in [2.45, 2.75) is 19.8 Å². The smallest absolute Gasteiger partial charge is 0.306 e. The van der Waals surface area contributed by atoms with Gasteiger partial charge in [-0.3, -0.25) is 9.78 Å². The van der Waals surface area contributed by atoms with Crippen LogP contribution in [0.3, 0.4) is 0 Å². The number of aromatic nitrogens is 1. The van der Waals surface area contributed by atoms with Gasteiger partial charge in [0.25, 0.3) is 0 Å². The number of benzene rings is 1. The summed E-state index contributed by atoms with van der Waals surface area (Å²) in [6.45, 7) is 2.25. The first-order valence-corrected chi connectivity index (χ1v) is 6.46. The largest absolute Gasteiger partial charge is 0.466 e. The minimum atomic E-state index is -0.154. The van der Waals surface area contributed by atoms with E-state index < -0.39 is 0 Å². The highest BCUT2D eigenvalue weighted by Gasteiger charge is 2.08. The van der Waals surface area contributed by atoms with E-state index in [1.807, 2.05) is 49.4 Å². The minimum absolute atomic E-state index is 0.154. The van der Waals surface area contributed by atoms with E-state index in [-0.39, 0.29) is 5.97 Å². The summed E-state index contributed by atoms with van der Waals surface area (Å²) in [7, 11) is 0. The third kappa shape index (κ3) is 3.65. The molecular formula is C16H17NO2. The van der Waals surface area contributed by atoms with E-state index in [4.69, 9.17) is 4.74 Å². The van der Waals surface area contributed by atoms with E-state index in [1.54, 1.807) is 6.20 Å². The summed E-state index contributed by atoms with van der Waals surface area (Å²) >= 11 is 0. The normalized spacial score (nSPS) is 10.2. The van der Waals surface area contributed by atoms with Crippen molar-refractivity contribution in [3.8, 4) is 11.3 Å². The van der Waals surface area contributed by atoms with Crippen molar-refractivity contribution < 1.29 is 9.53 Å². The number of hydrogen-bond donors (Lipinski definition) is 0. The Hall–Kier alpha value is -2.16. The summed E-state index contributed by atoms with van der Waals surface area (Å²) in [5, 5.41) is 0. The highest BCUT2D eigenvalue weighted by Crippen LogP contribution is 2.22. The monoisotopic (exact) mass is 255 g/mol. The zero-order chi connectivity index (χ0) is 13.5. The van der Waals surface area contributed by atoms with Gasteiger partial charge in [-0.2, -0.15) is 0 Å². The van der Waals surface area contributed by atoms with Crippen LogP contribution in [0.15, 0.2) is 48.7 Å². The number of esters is 1. The third-order valence-corrected chi connectivity index (χ3v) is 2.86. The molecule has 0 fully saturated rings. The van der Waals surface area contributed by atoms with Crippen LogP contribution in [0.2, 0.25) is 0 Å². The molecule has 0 N–H and O–H groups in total. The fraction of sp³-hybridized carbons (Fsp3) is 0.250. The van der Waals surface area contributed by atoms with Crippen molar-refractivity contribution in [3.63, 3.8) is 0 Å². The van der Waals surface area contributed by atoms with Crippen molar-refractivity contribution in [2.75, 3.05) is 6.61 Å². The van der Waals surface area contributed by atoms with E-state index in [1.165, 1.54) is 0 Å². The van der Waals surface area contributed by atoms with Gasteiger partial charge < -0.3 is 4.74 Å². The number of hydrogen-bond acceptors (Lipinski definition) is 3. The lowest BCUT2D eigenvalue weighted by Gasteiger charge is -2.08. The lowest BCUT2D eigenvalue weighted by molar-refractivity contribution is -0.143. The number of ether oxygens (including phenoxy) is 1. The summed E-state index contributed by atoms with van der Waals surface area (Å²) in [5.74, 6) is -0.154. The second-order valence-corrected chi connectivity index (χ2v) is 4.18. The topological polar surface area (TPSA) is 39.2 Å². The van der Waals surface area contributed by atoms with Crippen LogP contribution in [0.5, 0.6) is 0 Å². The zero-order valence-corrected chi connectivity index (χ0v) is 11.0. The SMILES string of the molecule is CCOC(=O)CCc1ccccc1-c1ccccn1. The molecule has 0 aliphatic rings. The predicted molar refractivity (Wildman–Crippen MR) is 74.6 cm³/mol. The molecule has 19 heavy (non-hydrogen) atoms. The van der Waals surface area contributed by atoms with Crippen LogP contribution in [0.25, 0.3) is 11.3 Å². The lowest BCUT2D eigenvalue weighted by atomic mass is 10.00. The molecule has 0 bridgehead atoms. The Labute approximate surface area is 113 Å². The Morgan fingerprint density at radius 2 is 1.95 bits per heavy atom. The number of rotatable bonds is 5. The Balaban J connectivity index is 2.15. The van der Waals surface area contributed by atoms with Crippen molar-refractivity contribution in [1.29, 1.82) is 0 Å². The fourth-order valence-electron chi connectivity index (χ4n) is 1.98. The predicted octanol–water partition coefficient (Wildman–Crippen LogP) is 3.24. The molecular weight excluding hydrogens is 238 g/mol. The first-order valence-electron chi connectivity index (χ1n) is 6.46. The summed E-state index contributed by atoms with van der Waals surface area (Å²) in [6, 6.07) is 13.9. The summed E-state index contributed by atoms with van der Waals surface area (Å²) in [4.78, 5) is 15.8. The molecule has 0 radical (unpaired) electrons. The standard InChI is InChI=1S/C16H17NO2/c1-2-19-16(18)11-10-13-7-3-4-8-14(13)15-9-5-6-12-17-15/h3-9,12H,2,10-11H2,1H3. The number of aryl methyl sites for hydroxylation is 1. The van der Waals surface area contributed by atoms with Crippen LogP contribution in [0.1, 0.15) is 18.9 Å². The minimum Gasteiger partial charge on any atom is -0.466 e. The lowest BCUT2D eigenvalue weighted by Crippen LogP contribution is -2.05. The van der Waals surface area contributed by atoms with Crippen molar-refractivity contribution in [2.24, 2.45) is 0 Å². The zero-order valence-electron chi connectivity index (χ0n) is 11.0. The molecule has 0 aliphatic carbocycles. The van der Waals surface area contributed by atoms with Crippen molar-refractivity contribution >= 4 is 5.97 Å². The molecule has 0 amide bonds. The molecule has 98 valence electrons. The maximum Gasteiger partial charge on any atom is 0.306 e. The van der Waals surface area contributed by atoms with E-state index in [0.29, 0.717) is 19.4 Å². The molecule has 0 spiro atoms. The van der Waals surface area contributed by atoms with Crippen LogP contribution in [-0.4, -0.2) is 17.6 Å². The Bertz CT molecular complexity index is 537. The molecule has 2 aromatic rings. The van der Waals surface area contributed by atoms with Gasteiger partial charge in [-0.05, 0) is 31.0 Å². The highest BCUT2D eigenvalue weighted by molar-refractivity contribution is 5.71. The molecule has 1 aromatic heterocycles. The van der Waals surface area contributed by atoms with Crippen LogP contribution < -0.4 is 0 Å². The fourth-order valence-corrected chi connectivity index (χ4v) is 1.98. The van der Waals surface area contributed by atoms with Crippen molar-refractivity contribution in [3.05, 3.63) is 54.2 Å². The quantitative estimate of drug-likeness (QED) is 0.770. The maximum absolute atomic E-state index is 11.4. The first kappa shape index (κ1) is 13.3. The van der Waals surface area contributed by atoms with Crippen LogP contribution in [0.4, 0.5) is 0 Å². The van der Waals surface area contributed by atoms with Crippen LogP contribution in [-0.2, 0) is 16.0 Å². The molecule has 0 saturated heterocycles. The van der Waals surface area contributed by atoms with Gasteiger partial charge in [0.1, 0.15) is 0 Å². The third-order valence-electron chi connectivity index (χ3n) is 2.86. The Morgan fingerprint density at radius 1 is 1.16 bits per heavy atom. The van der Waals surface area contributed by atoms with E-state index in [9.17, 15) is 4.79 Å².